The van der Waals surface area contributed by atoms with Gasteiger partial charge in [0.2, 0.25) is 0 Å². The van der Waals surface area contributed by atoms with Gasteiger partial charge < -0.3 is 9.15 Å². The highest BCUT2D eigenvalue weighted by atomic mass is 16.6. The molecule has 21 heavy (non-hydrogen) atoms. The number of ketones is 2. The van der Waals surface area contributed by atoms with E-state index in [0.29, 0.717) is 5.76 Å². The van der Waals surface area contributed by atoms with Gasteiger partial charge in [-0.05, 0) is 18.2 Å². The topological polar surface area (TPSA) is 99.7 Å². The van der Waals surface area contributed by atoms with Crippen molar-refractivity contribution in [2.75, 3.05) is 7.11 Å². The molecule has 0 fully saturated rings. The third-order valence-corrected chi connectivity index (χ3v) is 3.22. The first-order chi connectivity index (χ1) is 10.0. The van der Waals surface area contributed by atoms with Crippen LogP contribution in [-0.4, -0.2) is 23.6 Å². The number of nitrogens with zero attached hydrogens (tertiary/aromatic N) is 1. The molecule has 7 heteroatoms. The molecule has 0 radical (unpaired) electrons. The van der Waals surface area contributed by atoms with Gasteiger partial charge in [0.25, 0.3) is 5.69 Å². The molecule has 0 saturated carbocycles. The Morgan fingerprint density at radius 1 is 1.24 bits per heavy atom. The lowest BCUT2D eigenvalue weighted by molar-refractivity contribution is -0.383. The molecule has 1 aliphatic carbocycles. The van der Waals surface area contributed by atoms with E-state index in [1.54, 1.807) is 0 Å². The average Bonchev–Trinajstić information content (AvgIpc) is 2.85. The minimum Gasteiger partial charge on any atom is -0.458 e. The fourth-order valence-electron chi connectivity index (χ4n) is 2.35. The first-order valence-electron chi connectivity index (χ1n) is 6.02. The number of hydrogen-bond acceptors (Lipinski definition) is 6. The van der Waals surface area contributed by atoms with Crippen molar-refractivity contribution in [3.8, 4) is 0 Å². The third-order valence-electron chi connectivity index (χ3n) is 3.22. The fraction of sp³-hybridized carbons (Fsp3) is 0.143. The molecule has 1 aromatic heterocycles. The Morgan fingerprint density at radius 2 is 1.95 bits per heavy atom. The van der Waals surface area contributed by atoms with Crippen molar-refractivity contribution in [2.45, 2.75) is 6.61 Å². The maximum atomic E-state index is 12.0. The van der Waals surface area contributed by atoms with Gasteiger partial charge >= 0.3 is 0 Å². The second-order valence-corrected chi connectivity index (χ2v) is 4.53. The molecule has 0 amide bonds. The molecule has 0 saturated heterocycles. The van der Waals surface area contributed by atoms with Crippen LogP contribution in [-0.2, 0) is 11.3 Å². The van der Waals surface area contributed by atoms with Crippen molar-refractivity contribution < 1.29 is 23.7 Å². The highest BCUT2D eigenvalue weighted by Crippen LogP contribution is 2.36. The quantitative estimate of drug-likeness (QED) is 0.634. The summed E-state index contributed by atoms with van der Waals surface area (Å²) in [5.41, 5.74) is -0.175. The molecule has 0 bridgehead atoms. The van der Waals surface area contributed by atoms with Crippen LogP contribution in [0.4, 0.5) is 5.69 Å². The second-order valence-electron chi connectivity index (χ2n) is 4.53. The van der Waals surface area contributed by atoms with Crippen molar-refractivity contribution >= 4 is 28.2 Å². The molecule has 1 aliphatic rings. The van der Waals surface area contributed by atoms with Crippen LogP contribution in [0.25, 0.3) is 11.0 Å². The SMILES string of the molecule is COCc1cc2c([N+](=O)[O-])cc3c(c2o1)C(=O)C=CC3=O. The van der Waals surface area contributed by atoms with Gasteiger partial charge in [0.05, 0.1) is 15.9 Å². The van der Waals surface area contributed by atoms with E-state index in [1.165, 1.54) is 13.2 Å². The van der Waals surface area contributed by atoms with E-state index >= 15 is 0 Å². The summed E-state index contributed by atoms with van der Waals surface area (Å²) in [7, 11) is 1.45. The van der Waals surface area contributed by atoms with E-state index < -0.39 is 16.5 Å². The molecular weight excluding hydrogens is 278 g/mol. The van der Waals surface area contributed by atoms with Crippen molar-refractivity contribution in [1.82, 2.24) is 0 Å². The van der Waals surface area contributed by atoms with Crippen LogP contribution in [0.2, 0.25) is 0 Å². The fourth-order valence-corrected chi connectivity index (χ4v) is 2.35. The van der Waals surface area contributed by atoms with Gasteiger partial charge in [-0.1, -0.05) is 0 Å². The molecule has 3 rings (SSSR count). The molecule has 0 N–H and O–H groups in total. The predicted octanol–water partition coefficient (Wildman–Crippen LogP) is 2.42. The molecule has 0 aliphatic heterocycles. The van der Waals surface area contributed by atoms with Crippen LogP contribution in [0, 0.1) is 10.1 Å². The van der Waals surface area contributed by atoms with Crippen molar-refractivity contribution in [1.29, 1.82) is 0 Å². The zero-order valence-corrected chi connectivity index (χ0v) is 10.9. The van der Waals surface area contributed by atoms with E-state index in [9.17, 15) is 19.7 Å². The minimum absolute atomic E-state index is 0.0139. The number of nitro groups is 1. The Balaban J connectivity index is 2.40. The van der Waals surface area contributed by atoms with Gasteiger partial charge in [-0.25, -0.2) is 0 Å². The van der Waals surface area contributed by atoms with E-state index in [0.717, 1.165) is 18.2 Å². The lowest BCUT2D eigenvalue weighted by Crippen LogP contribution is -2.12. The van der Waals surface area contributed by atoms with E-state index in [4.69, 9.17) is 9.15 Å². The standard InChI is InChI=1S/C14H9NO6/c1-20-6-7-4-8-10(15(18)19)5-9-11(16)2-3-12(17)13(9)14(8)21-7/h2-5H,6H2,1H3. The van der Waals surface area contributed by atoms with Gasteiger partial charge in [0, 0.05) is 18.7 Å². The number of allylic oxidation sites excluding steroid dienone is 2. The highest BCUT2D eigenvalue weighted by Gasteiger charge is 2.30. The summed E-state index contributed by atoms with van der Waals surface area (Å²) in [4.78, 5) is 34.4. The van der Waals surface area contributed by atoms with Crippen molar-refractivity contribution in [2.24, 2.45) is 0 Å². The summed E-state index contributed by atoms with van der Waals surface area (Å²) in [6.07, 6.45) is 2.23. The Hall–Kier alpha value is -2.80. The summed E-state index contributed by atoms with van der Waals surface area (Å²) >= 11 is 0. The summed E-state index contributed by atoms with van der Waals surface area (Å²) in [5.74, 6) is -0.527. The molecular formula is C14H9NO6. The zero-order chi connectivity index (χ0) is 15.1. The number of carbonyl (C=O) groups excluding carboxylic acids is 2. The first-order valence-corrected chi connectivity index (χ1v) is 6.02. The molecule has 1 aromatic carbocycles. The van der Waals surface area contributed by atoms with Crippen LogP contribution in [0.15, 0.2) is 28.7 Å². The average molecular weight is 287 g/mol. The Bertz CT molecular complexity index is 830. The summed E-state index contributed by atoms with van der Waals surface area (Å²) < 4.78 is 10.4. The highest BCUT2D eigenvalue weighted by molar-refractivity contribution is 6.27. The van der Waals surface area contributed by atoms with Crippen LogP contribution < -0.4 is 0 Å². The summed E-state index contributed by atoms with van der Waals surface area (Å²) in [6.45, 7) is 0.110. The van der Waals surface area contributed by atoms with Gasteiger partial charge in [-0.15, -0.1) is 0 Å². The summed E-state index contributed by atoms with van der Waals surface area (Å²) in [6, 6.07) is 2.57. The van der Waals surface area contributed by atoms with Gasteiger partial charge in [-0.2, -0.15) is 0 Å². The van der Waals surface area contributed by atoms with E-state index in [1.807, 2.05) is 0 Å². The number of nitro benzene ring substituents is 1. The molecule has 2 aromatic rings. The van der Waals surface area contributed by atoms with Crippen LogP contribution in [0.3, 0.4) is 0 Å². The Kier molecular flexibility index (Phi) is 2.91. The number of furan rings is 1. The normalized spacial score (nSPS) is 13.8. The molecule has 0 unspecified atom stereocenters. The monoisotopic (exact) mass is 287 g/mol. The van der Waals surface area contributed by atoms with Crippen molar-refractivity contribution in [3.63, 3.8) is 0 Å². The maximum absolute atomic E-state index is 12.0. The third kappa shape index (κ3) is 1.95. The Labute approximate surface area is 117 Å². The molecule has 106 valence electrons. The van der Waals surface area contributed by atoms with E-state index in [2.05, 4.69) is 0 Å². The van der Waals surface area contributed by atoms with Crippen LogP contribution >= 0.6 is 0 Å². The lowest BCUT2D eigenvalue weighted by Gasteiger charge is -2.09. The first kappa shape index (κ1) is 13.2. The van der Waals surface area contributed by atoms with Gasteiger partial charge in [0.1, 0.15) is 12.4 Å². The molecule has 0 atom stereocenters. The largest absolute Gasteiger partial charge is 0.458 e. The number of benzene rings is 1. The number of fused-ring (bicyclic) bond motifs is 3. The minimum atomic E-state index is -0.606. The lowest BCUT2D eigenvalue weighted by atomic mass is 9.92. The maximum Gasteiger partial charge on any atom is 0.281 e. The number of methoxy groups -OCH3 is 1. The molecule has 7 nitrogen and oxygen atoms in total. The zero-order valence-electron chi connectivity index (χ0n) is 10.9. The molecule has 1 heterocycles. The van der Waals surface area contributed by atoms with Crippen molar-refractivity contribution in [3.05, 3.63) is 51.3 Å². The molecule has 0 spiro atoms. The van der Waals surface area contributed by atoms with Crippen LogP contribution in [0.5, 0.6) is 0 Å². The number of non-ortho nitro benzene ring substituents is 1. The number of carbonyl (C=O) groups is 2. The van der Waals surface area contributed by atoms with Gasteiger partial charge in [-0.3, -0.25) is 19.7 Å². The van der Waals surface area contributed by atoms with E-state index in [-0.39, 0.29) is 34.4 Å². The van der Waals surface area contributed by atoms with Gasteiger partial charge in [0.15, 0.2) is 17.1 Å². The van der Waals surface area contributed by atoms with Crippen LogP contribution in [0.1, 0.15) is 26.5 Å². The summed E-state index contributed by atoms with van der Waals surface area (Å²) in [5, 5.41) is 11.4. The number of hydrogen-bond donors (Lipinski definition) is 0. The Morgan fingerprint density at radius 3 is 2.62 bits per heavy atom. The second kappa shape index (κ2) is 4.64. The number of rotatable bonds is 3. The smallest absolute Gasteiger partial charge is 0.281 e. The number of ether oxygens (including phenoxy) is 1. The predicted molar refractivity (Wildman–Crippen MR) is 71.4 cm³/mol.